The summed E-state index contributed by atoms with van der Waals surface area (Å²) in [5, 5.41) is 2.85. The van der Waals surface area contributed by atoms with Crippen molar-refractivity contribution in [3.8, 4) is 0 Å². The molecule has 0 saturated carbocycles. The van der Waals surface area contributed by atoms with Gasteiger partial charge in [-0.15, -0.1) is 0 Å². The molecule has 110 valence electrons. The number of likely N-dealkylation sites (N-methyl/N-ethyl adjacent to an activating group) is 1. The van der Waals surface area contributed by atoms with Gasteiger partial charge in [0.2, 0.25) is 5.91 Å². The maximum atomic E-state index is 12.1. The number of hydrogen-bond donors (Lipinski definition) is 2. The zero-order chi connectivity index (χ0) is 14.5. The molecule has 2 rings (SSSR count). The van der Waals surface area contributed by atoms with E-state index in [0.717, 1.165) is 16.9 Å². The van der Waals surface area contributed by atoms with E-state index in [1.54, 1.807) is 6.20 Å². The van der Waals surface area contributed by atoms with Crippen LogP contribution >= 0.6 is 0 Å². The minimum absolute atomic E-state index is 0.0173. The summed E-state index contributed by atoms with van der Waals surface area (Å²) in [6.45, 7) is 6.65. The van der Waals surface area contributed by atoms with Crippen LogP contribution in [0, 0.1) is 6.92 Å². The first-order valence-corrected chi connectivity index (χ1v) is 6.95. The lowest BCUT2D eigenvalue weighted by Crippen LogP contribution is -2.54. The SMILES string of the molecule is CCNC(=O)C1COCCN1c1ncc(CN)cc1C. The summed E-state index contributed by atoms with van der Waals surface area (Å²) in [5.41, 5.74) is 7.65. The molecule has 0 radical (unpaired) electrons. The van der Waals surface area contributed by atoms with E-state index in [-0.39, 0.29) is 11.9 Å². The number of ether oxygens (including phenoxy) is 1. The number of aryl methyl sites for hydroxylation is 1. The lowest BCUT2D eigenvalue weighted by atomic mass is 10.1. The minimum Gasteiger partial charge on any atom is -0.377 e. The molecule has 1 atom stereocenters. The summed E-state index contributed by atoms with van der Waals surface area (Å²) < 4.78 is 5.44. The largest absolute Gasteiger partial charge is 0.377 e. The topological polar surface area (TPSA) is 80.5 Å². The highest BCUT2D eigenvalue weighted by molar-refractivity contribution is 5.85. The Kier molecular flexibility index (Phi) is 4.92. The first-order chi connectivity index (χ1) is 9.67. The van der Waals surface area contributed by atoms with Crippen LogP contribution in [0.15, 0.2) is 12.3 Å². The Morgan fingerprint density at radius 3 is 3.10 bits per heavy atom. The number of pyridine rings is 1. The van der Waals surface area contributed by atoms with Crippen LogP contribution in [0.2, 0.25) is 0 Å². The number of nitrogens with one attached hydrogen (secondary N) is 1. The number of amides is 1. The van der Waals surface area contributed by atoms with Gasteiger partial charge in [-0.3, -0.25) is 4.79 Å². The van der Waals surface area contributed by atoms with Gasteiger partial charge in [0.15, 0.2) is 0 Å². The van der Waals surface area contributed by atoms with Crippen LogP contribution in [-0.4, -0.2) is 43.2 Å². The van der Waals surface area contributed by atoms with Crippen LogP contribution in [0.3, 0.4) is 0 Å². The van der Waals surface area contributed by atoms with E-state index < -0.39 is 0 Å². The third kappa shape index (κ3) is 3.08. The maximum absolute atomic E-state index is 12.1. The predicted molar refractivity (Wildman–Crippen MR) is 77.5 cm³/mol. The number of nitrogens with two attached hydrogens (primary N) is 1. The van der Waals surface area contributed by atoms with Crippen LogP contribution < -0.4 is 16.0 Å². The van der Waals surface area contributed by atoms with E-state index in [1.807, 2.05) is 24.8 Å². The second kappa shape index (κ2) is 6.67. The molecule has 1 aromatic heterocycles. The Hall–Kier alpha value is -1.66. The molecular weight excluding hydrogens is 256 g/mol. The second-order valence-corrected chi connectivity index (χ2v) is 4.87. The monoisotopic (exact) mass is 278 g/mol. The molecular formula is C14H22N4O2. The third-order valence-electron chi connectivity index (χ3n) is 3.40. The van der Waals surface area contributed by atoms with Gasteiger partial charge in [0.1, 0.15) is 11.9 Å². The third-order valence-corrected chi connectivity index (χ3v) is 3.40. The zero-order valence-corrected chi connectivity index (χ0v) is 12.1. The molecule has 0 aromatic carbocycles. The van der Waals surface area contributed by atoms with Crippen molar-refractivity contribution < 1.29 is 9.53 Å². The summed E-state index contributed by atoms with van der Waals surface area (Å²) in [6.07, 6.45) is 1.77. The average Bonchev–Trinajstić information content (AvgIpc) is 2.47. The van der Waals surface area contributed by atoms with Crippen molar-refractivity contribution in [2.45, 2.75) is 26.4 Å². The van der Waals surface area contributed by atoms with Crippen molar-refractivity contribution in [1.82, 2.24) is 10.3 Å². The highest BCUT2D eigenvalue weighted by Gasteiger charge is 2.30. The average molecular weight is 278 g/mol. The first-order valence-electron chi connectivity index (χ1n) is 6.95. The number of morpholine rings is 1. The van der Waals surface area contributed by atoms with Gasteiger partial charge in [-0.05, 0) is 31.0 Å². The number of anilines is 1. The standard InChI is InChI=1S/C14H22N4O2/c1-3-16-14(19)12-9-20-5-4-18(12)13-10(2)6-11(7-15)8-17-13/h6,8,12H,3-5,7,9,15H2,1-2H3,(H,16,19). The number of rotatable bonds is 4. The van der Waals surface area contributed by atoms with Crippen LogP contribution in [0.5, 0.6) is 0 Å². The van der Waals surface area contributed by atoms with Gasteiger partial charge in [-0.2, -0.15) is 0 Å². The first kappa shape index (κ1) is 14.7. The van der Waals surface area contributed by atoms with Crippen molar-refractivity contribution in [2.75, 3.05) is 31.2 Å². The summed E-state index contributed by atoms with van der Waals surface area (Å²) >= 11 is 0. The molecule has 1 unspecified atom stereocenters. The van der Waals surface area contributed by atoms with Crippen molar-refractivity contribution in [3.05, 3.63) is 23.4 Å². The van der Waals surface area contributed by atoms with Gasteiger partial charge >= 0.3 is 0 Å². The van der Waals surface area contributed by atoms with Crippen molar-refractivity contribution >= 4 is 11.7 Å². The Balaban J connectivity index is 2.25. The fourth-order valence-corrected chi connectivity index (χ4v) is 2.40. The van der Waals surface area contributed by atoms with Crippen LogP contribution in [0.4, 0.5) is 5.82 Å². The van der Waals surface area contributed by atoms with Crippen LogP contribution in [0.25, 0.3) is 0 Å². The summed E-state index contributed by atoms with van der Waals surface area (Å²) in [7, 11) is 0. The molecule has 0 bridgehead atoms. The van der Waals surface area contributed by atoms with E-state index in [2.05, 4.69) is 10.3 Å². The summed E-state index contributed by atoms with van der Waals surface area (Å²) in [5.74, 6) is 0.818. The molecule has 0 spiro atoms. The molecule has 20 heavy (non-hydrogen) atoms. The Bertz CT molecular complexity index is 478. The van der Waals surface area contributed by atoms with E-state index in [4.69, 9.17) is 10.5 Å². The van der Waals surface area contributed by atoms with Gasteiger partial charge in [0, 0.05) is 25.8 Å². The fraction of sp³-hybridized carbons (Fsp3) is 0.571. The van der Waals surface area contributed by atoms with Crippen molar-refractivity contribution in [2.24, 2.45) is 5.73 Å². The van der Waals surface area contributed by atoms with E-state index in [1.165, 1.54) is 0 Å². The molecule has 6 nitrogen and oxygen atoms in total. The lowest BCUT2D eigenvalue weighted by molar-refractivity contribution is -0.124. The molecule has 6 heteroatoms. The zero-order valence-electron chi connectivity index (χ0n) is 12.1. The summed E-state index contributed by atoms with van der Waals surface area (Å²) in [6, 6.07) is 1.70. The number of aromatic nitrogens is 1. The highest BCUT2D eigenvalue weighted by atomic mass is 16.5. The van der Waals surface area contributed by atoms with Gasteiger partial charge in [0.25, 0.3) is 0 Å². The highest BCUT2D eigenvalue weighted by Crippen LogP contribution is 2.22. The molecule has 1 aliphatic heterocycles. The quantitative estimate of drug-likeness (QED) is 0.822. The number of hydrogen-bond acceptors (Lipinski definition) is 5. The number of carbonyl (C=O) groups excluding carboxylic acids is 1. The summed E-state index contributed by atoms with van der Waals surface area (Å²) in [4.78, 5) is 18.6. The fourth-order valence-electron chi connectivity index (χ4n) is 2.40. The Morgan fingerprint density at radius 1 is 1.65 bits per heavy atom. The number of nitrogens with zero attached hydrogens (tertiary/aromatic N) is 2. The van der Waals surface area contributed by atoms with Gasteiger partial charge in [-0.1, -0.05) is 0 Å². The molecule has 1 saturated heterocycles. The number of carbonyl (C=O) groups is 1. The maximum Gasteiger partial charge on any atom is 0.245 e. The minimum atomic E-state index is -0.321. The van der Waals surface area contributed by atoms with Gasteiger partial charge < -0.3 is 20.7 Å². The van der Waals surface area contributed by atoms with Crippen molar-refractivity contribution in [3.63, 3.8) is 0 Å². The molecule has 1 fully saturated rings. The Morgan fingerprint density at radius 2 is 2.45 bits per heavy atom. The molecule has 1 aromatic rings. The van der Waals surface area contributed by atoms with E-state index >= 15 is 0 Å². The smallest absolute Gasteiger partial charge is 0.245 e. The second-order valence-electron chi connectivity index (χ2n) is 4.87. The molecule has 0 aliphatic carbocycles. The molecule has 2 heterocycles. The van der Waals surface area contributed by atoms with Gasteiger partial charge in [0.05, 0.1) is 13.2 Å². The van der Waals surface area contributed by atoms with E-state index in [0.29, 0.717) is 32.8 Å². The van der Waals surface area contributed by atoms with Gasteiger partial charge in [-0.25, -0.2) is 4.98 Å². The van der Waals surface area contributed by atoms with E-state index in [9.17, 15) is 4.79 Å². The molecule has 3 N–H and O–H groups in total. The molecule has 1 amide bonds. The lowest BCUT2D eigenvalue weighted by Gasteiger charge is -2.36. The predicted octanol–water partition coefficient (Wildman–Crippen LogP) is 0.190. The van der Waals surface area contributed by atoms with Crippen LogP contribution in [-0.2, 0) is 16.1 Å². The molecule has 1 aliphatic rings. The van der Waals surface area contributed by atoms with Crippen molar-refractivity contribution in [1.29, 1.82) is 0 Å². The Labute approximate surface area is 119 Å². The van der Waals surface area contributed by atoms with Crippen LogP contribution in [0.1, 0.15) is 18.1 Å². The normalized spacial score (nSPS) is 18.9.